The number of rotatable bonds is 3. The Kier molecular flexibility index (Phi) is 2.93. The van der Waals surface area contributed by atoms with Crippen molar-refractivity contribution in [2.75, 3.05) is 0 Å². The lowest BCUT2D eigenvalue weighted by Crippen LogP contribution is -1.93. The number of hydrogen-bond donors (Lipinski definition) is 0. The molecule has 0 fully saturated rings. The van der Waals surface area contributed by atoms with Crippen LogP contribution in [0.25, 0.3) is 11.0 Å². The van der Waals surface area contributed by atoms with Crippen LogP contribution in [0.15, 0.2) is 42.1 Å². The summed E-state index contributed by atoms with van der Waals surface area (Å²) < 4.78 is 1.76. The number of thioether (sulfide) groups is 1. The van der Waals surface area contributed by atoms with E-state index >= 15 is 0 Å². The van der Waals surface area contributed by atoms with E-state index in [1.54, 1.807) is 35.2 Å². The fourth-order valence-electron chi connectivity index (χ4n) is 1.69. The third-order valence-electron chi connectivity index (χ3n) is 2.59. The standard InChI is InChI=1S/C12H11N5S/c1-17-11-10(6-16-17)12(15-8-14-11)18-7-9-3-2-4-13-5-9/h2-6,8H,7H2,1H3. The van der Waals surface area contributed by atoms with Gasteiger partial charge in [-0.15, -0.1) is 11.8 Å². The summed E-state index contributed by atoms with van der Waals surface area (Å²) in [7, 11) is 1.88. The molecular formula is C12H11N5S. The van der Waals surface area contributed by atoms with Crippen LogP contribution < -0.4 is 0 Å². The second-order valence-electron chi connectivity index (χ2n) is 3.83. The van der Waals surface area contributed by atoms with Gasteiger partial charge in [-0.25, -0.2) is 9.97 Å². The number of aryl methyl sites for hydroxylation is 1. The van der Waals surface area contributed by atoms with Gasteiger partial charge < -0.3 is 0 Å². The Morgan fingerprint density at radius 3 is 3.06 bits per heavy atom. The smallest absolute Gasteiger partial charge is 0.162 e. The van der Waals surface area contributed by atoms with Crippen molar-refractivity contribution >= 4 is 22.8 Å². The molecule has 0 aliphatic rings. The van der Waals surface area contributed by atoms with E-state index in [0.717, 1.165) is 21.8 Å². The second-order valence-corrected chi connectivity index (χ2v) is 4.80. The molecule has 0 aliphatic heterocycles. The van der Waals surface area contributed by atoms with E-state index in [1.807, 2.05) is 19.3 Å². The first-order valence-corrected chi connectivity index (χ1v) is 6.47. The van der Waals surface area contributed by atoms with Crippen LogP contribution in [0.4, 0.5) is 0 Å². The van der Waals surface area contributed by atoms with E-state index in [0.29, 0.717) is 0 Å². The SMILES string of the molecule is Cn1ncc2c(SCc3cccnc3)ncnc21. The monoisotopic (exact) mass is 257 g/mol. The van der Waals surface area contributed by atoms with Crippen LogP contribution in [-0.4, -0.2) is 24.7 Å². The summed E-state index contributed by atoms with van der Waals surface area (Å²) in [4.78, 5) is 12.6. The molecule has 0 bridgehead atoms. The molecule has 0 amide bonds. The number of fused-ring (bicyclic) bond motifs is 1. The highest BCUT2D eigenvalue weighted by Gasteiger charge is 2.08. The molecule has 6 heteroatoms. The molecule has 3 heterocycles. The molecule has 3 aromatic heterocycles. The quantitative estimate of drug-likeness (QED) is 0.531. The van der Waals surface area contributed by atoms with Crippen molar-refractivity contribution in [3.63, 3.8) is 0 Å². The fraction of sp³-hybridized carbons (Fsp3) is 0.167. The maximum atomic E-state index is 4.31. The maximum Gasteiger partial charge on any atom is 0.162 e. The molecule has 3 rings (SSSR count). The topological polar surface area (TPSA) is 56.5 Å². The molecule has 0 aromatic carbocycles. The van der Waals surface area contributed by atoms with Crippen molar-refractivity contribution in [3.05, 3.63) is 42.6 Å². The Balaban J connectivity index is 1.87. The molecule has 0 unspecified atom stereocenters. The molecule has 0 saturated carbocycles. The van der Waals surface area contributed by atoms with Gasteiger partial charge in [-0.3, -0.25) is 9.67 Å². The van der Waals surface area contributed by atoms with Gasteiger partial charge in [0, 0.05) is 25.2 Å². The number of aromatic nitrogens is 5. The summed E-state index contributed by atoms with van der Waals surface area (Å²) in [6, 6.07) is 4.00. The van der Waals surface area contributed by atoms with Crippen LogP contribution >= 0.6 is 11.8 Å². The Labute approximate surface area is 108 Å². The van der Waals surface area contributed by atoms with Gasteiger partial charge in [-0.05, 0) is 11.6 Å². The van der Waals surface area contributed by atoms with E-state index < -0.39 is 0 Å². The van der Waals surface area contributed by atoms with E-state index in [4.69, 9.17) is 0 Å². The highest BCUT2D eigenvalue weighted by molar-refractivity contribution is 7.98. The Morgan fingerprint density at radius 1 is 1.28 bits per heavy atom. The first-order chi connectivity index (χ1) is 8.84. The largest absolute Gasteiger partial charge is 0.264 e. The summed E-state index contributed by atoms with van der Waals surface area (Å²) in [6.45, 7) is 0. The molecule has 0 atom stereocenters. The minimum atomic E-state index is 0.842. The van der Waals surface area contributed by atoms with Gasteiger partial charge in [-0.2, -0.15) is 5.10 Å². The van der Waals surface area contributed by atoms with Gasteiger partial charge in [0.25, 0.3) is 0 Å². The van der Waals surface area contributed by atoms with Crippen LogP contribution in [0.1, 0.15) is 5.56 Å². The summed E-state index contributed by atoms with van der Waals surface area (Å²) in [5.74, 6) is 0.842. The molecule has 0 N–H and O–H groups in total. The first kappa shape index (κ1) is 11.2. The van der Waals surface area contributed by atoms with Crippen LogP contribution in [-0.2, 0) is 12.8 Å². The van der Waals surface area contributed by atoms with E-state index in [1.165, 1.54) is 5.56 Å². The normalized spacial score (nSPS) is 10.9. The van der Waals surface area contributed by atoms with Gasteiger partial charge >= 0.3 is 0 Å². The van der Waals surface area contributed by atoms with Gasteiger partial charge in [0.2, 0.25) is 0 Å². The Morgan fingerprint density at radius 2 is 2.22 bits per heavy atom. The predicted octanol–water partition coefficient (Wildman–Crippen LogP) is 2.05. The van der Waals surface area contributed by atoms with E-state index in [-0.39, 0.29) is 0 Å². The molecule has 3 aromatic rings. The lowest BCUT2D eigenvalue weighted by Gasteiger charge is -2.01. The van der Waals surface area contributed by atoms with E-state index in [9.17, 15) is 0 Å². The van der Waals surface area contributed by atoms with Gasteiger partial charge in [-0.1, -0.05) is 6.07 Å². The molecule has 90 valence electrons. The predicted molar refractivity (Wildman–Crippen MR) is 70.1 cm³/mol. The zero-order chi connectivity index (χ0) is 12.4. The number of nitrogens with zero attached hydrogens (tertiary/aromatic N) is 5. The Hall–Kier alpha value is -1.95. The lowest BCUT2D eigenvalue weighted by atomic mass is 10.3. The highest BCUT2D eigenvalue weighted by atomic mass is 32.2. The Bertz CT molecular complexity index is 665. The molecule has 18 heavy (non-hydrogen) atoms. The molecule has 0 aliphatic carbocycles. The van der Waals surface area contributed by atoms with Crippen LogP contribution in [0.3, 0.4) is 0 Å². The maximum absolute atomic E-state index is 4.31. The van der Waals surface area contributed by atoms with Crippen molar-refractivity contribution in [1.29, 1.82) is 0 Å². The zero-order valence-corrected chi connectivity index (χ0v) is 10.6. The summed E-state index contributed by atoms with van der Waals surface area (Å²) in [5, 5.41) is 6.15. The average molecular weight is 257 g/mol. The zero-order valence-electron chi connectivity index (χ0n) is 9.82. The summed E-state index contributed by atoms with van der Waals surface area (Å²) in [5.41, 5.74) is 2.04. The number of hydrogen-bond acceptors (Lipinski definition) is 5. The van der Waals surface area contributed by atoms with Crippen molar-refractivity contribution < 1.29 is 0 Å². The van der Waals surface area contributed by atoms with Crippen LogP contribution in [0.2, 0.25) is 0 Å². The second kappa shape index (κ2) is 4.73. The molecular weight excluding hydrogens is 246 g/mol. The molecule has 0 radical (unpaired) electrons. The van der Waals surface area contributed by atoms with Crippen LogP contribution in [0.5, 0.6) is 0 Å². The summed E-state index contributed by atoms with van der Waals surface area (Å²) in [6.07, 6.45) is 7.03. The van der Waals surface area contributed by atoms with Crippen molar-refractivity contribution in [2.45, 2.75) is 10.8 Å². The molecule has 0 spiro atoms. The number of pyridine rings is 1. The van der Waals surface area contributed by atoms with Gasteiger partial charge in [0.15, 0.2) is 5.65 Å². The third kappa shape index (κ3) is 2.06. The average Bonchev–Trinajstić information content (AvgIpc) is 2.80. The molecule has 5 nitrogen and oxygen atoms in total. The minimum absolute atomic E-state index is 0.842. The van der Waals surface area contributed by atoms with Crippen molar-refractivity contribution in [3.8, 4) is 0 Å². The van der Waals surface area contributed by atoms with E-state index in [2.05, 4.69) is 26.1 Å². The highest BCUT2D eigenvalue weighted by Crippen LogP contribution is 2.26. The summed E-state index contributed by atoms with van der Waals surface area (Å²) >= 11 is 1.67. The minimum Gasteiger partial charge on any atom is -0.264 e. The van der Waals surface area contributed by atoms with Crippen molar-refractivity contribution in [1.82, 2.24) is 24.7 Å². The van der Waals surface area contributed by atoms with Gasteiger partial charge in [0.05, 0.1) is 11.6 Å². The lowest BCUT2D eigenvalue weighted by molar-refractivity contribution is 0.784. The van der Waals surface area contributed by atoms with Crippen LogP contribution in [0, 0.1) is 0 Å². The first-order valence-electron chi connectivity index (χ1n) is 5.49. The fourth-order valence-corrected chi connectivity index (χ4v) is 2.59. The molecule has 0 saturated heterocycles. The van der Waals surface area contributed by atoms with Crippen molar-refractivity contribution in [2.24, 2.45) is 7.05 Å². The third-order valence-corrected chi connectivity index (χ3v) is 3.67. The van der Waals surface area contributed by atoms with Gasteiger partial charge in [0.1, 0.15) is 11.4 Å².